The molecule has 2 bridgehead atoms. The van der Waals surface area contributed by atoms with Gasteiger partial charge in [-0.1, -0.05) is 0 Å². The van der Waals surface area contributed by atoms with Crippen molar-refractivity contribution in [2.45, 2.75) is 44.3 Å². The monoisotopic (exact) mass is 334 g/mol. The highest BCUT2D eigenvalue weighted by Gasteiger charge is 2.48. The summed E-state index contributed by atoms with van der Waals surface area (Å²) in [6, 6.07) is 0.0551. The average molecular weight is 334 g/mol. The Hall–Kier alpha value is -0.820. The lowest BCUT2D eigenvalue weighted by atomic mass is 9.84. The zero-order valence-corrected chi connectivity index (χ0v) is 13.2. The Balaban J connectivity index is 1.48. The van der Waals surface area contributed by atoms with Crippen LogP contribution in [-0.4, -0.2) is 54.4 Å². The van der Waals surface area contributed by atoms with Gasteiger partial charge in [-0.3, -0.25) is 9.69 Å². The molecule has 0 aromatic carbocycles. The molecule has 2 aliphatic carbocycles. The smallest absolute Gasteiger partial charge is 0.396 e. The first-order chi connectivity index (χ1) is 10.9. The largest absolute Gasteiger partial charge is 0.401 e. The predicted octanol–water partition coefficient (Wildman–Crippen LogP) is 1.78. The number of carbonyl (C=O) groups excluding carboxylic acids is 1. The minimum absolute atomic E-state index is 0.0346. The molecule has 23 heavy (non-hydrogen) atoms. The number of piperidine rings is 1. The number of hydrogen-bond acceptors (Lipinski definition) is 3. The first kappa shape index (κ1) is 17.0. The van der Waals surface area contributed by atoms with Crippen LogP contribution < -0.4 is 5.32 Å². The molecule has 1 aliphatic heterocycles. The fourth-order valence-corrected chi connectivity index (χ4v) is 4.79. The normalized spacial score (nSPS) is 35.7. The van der Waals surface area contributed by atoms with Gasteiger partial charge in [0.1, 0.15) is 0 Å². The molecule has 4 nitrogen and oxygen atoms in total. The number of nitrogens with one attached hydrogen (secondary N) is 1. The van der Waals surface area contributed by atoms with Crippen molar-refractivity contribution in [1.29, 1.82) is 0 Å². The topological polar surface area (TPSA) is 52.6 Å². The van der Waals surface area contributed by atoms with E-state index in [1.54, 1.807) is 0 Å². The van der Waals surface area contributed by atoms with Crippen molar-refractivity contribution < 1.29 is 23.1 Å². The maximum absolute atomic E-state index is 12.5. The number of aliphatic hydroxyl groups excluding tert-OH is 1. The first-order valence-corrected chi connectivity index (χ1v) is 8.57. The summed E-state index contributed by atoms with van der Waals surface area (Å²) < 4.78 is 37.2. The summed E-state index contributed by atoms with van der Waals surface area (Å²) in [6.45, 7) is -0.147. The zero-order valence-electron chi connectivity index (χ0n) is 13.2. The molecular weight excluding hydrogens is 309 g/mol. The van der Waals surface area contributed by atoms with E-state index in [4.69, 9.17) is 0 Å². The molecule has 2 N–H and O–H groups in total. The predicted molar refractivity (Wildman–Crippen MR) is 78.6 cm³/mol. The summed E-state index contributed by atoms with van der Waals surface area (Å²) in [4.78, 5) is 13.8. The Morgan fingerprint density at radius 2 is 1.78 bits per heavy atom. The van der Waals surface area contributed by atoms with E-state index < -0.39 is 12.7 Å². The van der Waals surface area contributed by atoms with Crippen molar-refractivity contribution in [2.24, 2.45) is 23.7 Å². The van der Waals surface area contributed by atoms with Gasteiger partial charge in [0.25, 0.3) is 0 Å². The van der Waals surface area contributed by atoms with Crippen LogP contribution in [-0.2, 0) is 4.79 Å². The summed E-state index contributed by atoms with van der Waals surface area (Å²) in [5.41, 5.74) is 0. The van der Waals surface area contributed by atoms with E-state index in [0.29, 0.717) is 37.8 Å². The molecule has 7 heteroatoms. The van der Waals surface area contributed by atoms with Crippen molar-refractivity contribution in [3.63, 3.8) is 0 Å². The van der Waals surface area contributed by atoms with Crippen LogP contribution in [0.15, 0.2) is 0 Å². The molecule has 2 saturated carbocycles. The third-order valence-corrected chi connectivity index (χ3v) is 5.97. The van der Waals surface area contributed by atoms with Crippen LogP contribution in [0.1, 0.15) is 32.1 Å². The van der Waals surface area contributed by atoms with Gasteiger partial charge in [-0.05, 0) is 57.0 Å². The van der Waals surface area contributed by atoms with Crippen LogP contribution in [0.3, 0.4) is 0 Å². The molecule has 0 spiro atoms. The molecule has 1 heterocycles. The average Bonchev–Trinajstić information content (AvgIpc) is 3.07. The number of fused-ring (bicyclic) bond motifs is 2. The Kier molecular flexibility index (Phi) is 4.88. The number of rotatable bonds is 4. The number of alkyl halides is 3. The summed E-state index contributed by atoms with van der Waals surface area (Å²) in [5.74, 6) is 0.906. The Labute approximate surface area is 134 Å². The number of likely N-dealkylation sites (tertiary alicyclic amines) is 1. The minimum Gasteiger partial charge on any atom is -0.396 e. The zero-order chi connectivity index (χ0) is 16.6. The number of nitrogens with zero attached hydrogens (tertiary/aromatic N) is 1. The number of hydrogen-bond donors (Lipinski definition) is 2. The summed E-state index contributed by atoms with van der Waals surface area (Å²) >= 11 is 0. The number of halogens is 3. The Morgan fingerprint density at radius 1 is 1.13 bits per heavy atom. The summed E-state index contributed by atoms with van der Waals surface area (Å²) in [5, 5.41) is 12.7. The maximum atomic E-state index is 12.5. The lowest BCUT2D eigenvalue weighted by Gasteiger charge is -2.35. The molecule has 1 saturated heterocycles. The van der Waals surface area contributed by atoms with Crippen LogP contribution >= 0.6 is 0 Å². The molecule has 0 aromatic heterocycles. The van der Waals surface area contributed by atoms with E-state index in [-0.39, 0.29) is 30.4 Å². The Bertz CT molecular complexity index is 436. The van der Waals surface area contributed by atoms with Gasteiger partial charge in [0, 0.05) is 24.5 Å². The van der Waals surface area contributed by atoms with Gasteiger partial charge >= 0.3 is 6.18 Å². The van der Waals surface area contributed by atoms with E-state index in [0.717, 1.165) is 19.3 Å². The van der Waals surface area contributed by atoms with Gasteiger partial charge in [0.05, 0.1) is 6.54 Å². The Morgan fingerprint density at radius 3 is 2.39 bits per heavy atom. The fourth-order valence-electron chi connectivity index (χ4n) is 4.79. The highest BCUT2D eigenvalue weighted by molar-refractivity contribution is 5.79. The van der Waals surface area contributed by atoms with Gasteiger partial charge in [0.15, 0.2) is 0 Å². The van der Waals surface area contributed by atoms with E-state index in [1.165, 1.54) is 4.90 Å². The maximum Gasteiger partial charge on any atom is 0.401 e. The van der Waals surface area contributed by atoms with Crippen molar-refractivity contribution in [2.75, 3.05) is 26.2 Å². The van der Waals surface area contributed by atoms with Crippen LogP contribution in [0, 0.1) is 23.7 Å². The highest BCUT2D eigenvalue weighted by Crippen LogP contribution is 2.48. The van der Waals surface area contributed by atoms with Gasteiger partial charge in [-0.25, -0.2) is 0 Å². The molecule has 3 rings (SSSR count). The van der Waals surface area contributed by atoms with E-state index in [1.807, 2.05) is 0 Å². The van der Waals surface area contributed by atoms with E-state index in [9.17, 15) is 23.1 Å². The van der Waals surface area contributed by atoms with Gasteiger partial charge < -0.3 is 10.4 Å². The molecule has 3 aliphatic rings. The van der Waals surface area contributed by atoms with Crippen LogP contribution in [0.25, 0.3) is 0 Å². The van der Waals surface area contributed by atoms with Crippen molar-refractivity contribution in [3.8, 4) is 0 Å². The van der Waals surface area contributed by atoms with Crippen LogP contribution in [0.4, 0.5) is 13.2 Å². The van der Waals surface area contributed by atoms with Crippen molar-refractivity contribution in [3.05, 3.63) is 0 Å². The standard InChI is InChI=1S/C16H25F3N2O2/c17-16(18,19)9-21-5-3-10(4-6-21)15(23)20-14-12-2-1-11(7-12)13(14)8-22/h10-14,22H,1-9H2,(H,20,23)/t11-,12-,13+,14-/m0/s1. The summed E-state index contributed by atoms with van der Waals surface area (Å²) in [6.07, 6.45) is 0.111. The lowest BCUT2D eigenvalue weighted by Crippen LogP contribution is -2.49. The minimum atomic E-state index is -4.17. The third-order valence-electron chi connectivity index (χ3n) is 5.97. The molecule has 0 radical (unpaired) electrons. The van der Waals surface area contributed by atoms with Gasteiger partial charge in [-0.15, -0.1) is 0 Å². The van der Waals surface area contributed by atoms with Crippen molar-refractivity contribution in [1.82, 2.24) is 10.2 Å². The second-order valence-corrected chi connectivity index (χ2v) is 7.38. The third kappa shape index (κ3) is 3.82. The van der Waals surface area contributed by atoms with Crippen LogP contribution in [0.5, 0.6) is 0 Å². The number of aliphatic hydroxyl groups is 1. The molecular formula is C16H25F3N2O2. The number of amides is 1. The number of carbonyl (C=O) groups is 1. The molecule has 3 fully saturated rings. The lowest BCUT2D eigenvalue weighted by molar-refractivity contribution is -0.149. The van der Waals surface area contributed by atoms with Gasteiger partial charge in [-0.2, -0.15) is 13.2 Å². The van der Waals surface area contributed by atoms with Crippen LogP contribution in [0.2, 0.25) is 0 Å². The highest BCUT2D eigenvalue weighted by atomic mass is 19.4. The fraction of sp³-hybridized carbons (Fsp3) is 0.938. The quantitative estimate of drug-likeness (QED) is 0.824. The molecule has 1 amide bonds. The van der Waals surface area contributed by atoms with E-state index >= 15 is 0 Å². The van der Waals surface area contributed by atoms with E-state index in [2.05, 4.69) is 5.32 Å². The first-order valence-electron chi connectivity index (χ1n) is 8.57. The van der Waals surface area contributed by atoms with Crippen molar-refractivity contribution >= 4 is 5.91 Å². The molecule has 0 aromatic rings. The molecule has 4 atom stereocenters. The molecule has 132 valence electrons. The van der Waals surface area contributed by atoms with Gasteiger partial charge in [0.2, 0.25) is 5.91 Å². The second-order valence-electron chi connectivity index (χ2n) is 7.38. The molecule has 0 unspecified atom stereocenters. The SMILES string of the molecule is O=C(N[C@H]1[C@H]2CC[C@@H](C2)[C@H]1CO)C1CCN(CC(F)(F)F)CC1. The second kappa shape index (κ2) is 6.59. The summed E-state index contributed by atoms with van der Waals surface area (Å²) in [7, 11) is 0.